The van der Waals surface area contributed by atoms with E-state index in [1.807, 2.05) is 49.3 Å². The Labute approximate surface area is 201 Å². The third-order valence-corrected chi connectivity index (χ3v) is 22.3. The van der Waals surface area contributed by atoms with Crippen molar-refractivity contribution in [2.75, 3.05) is 19.0 Å². The molecule has 0 unspecified atom stereocenters. The van der Waals surface area contributed by atoms with Gasteiger partial charge in [-0.1, -0.05) is 0 Å². The maximum absolute atomic E-state index is 12.6. The van der Waals surface area contributed by atoms with E-state index in [1.165, 1.54) is 51.8 Å². The zero-order valence-corrected chi connectivity index (χ0v) is 23.8. The number of allylic oxidation sites excluding steroid dienone is 1. The van der Waals surface area contributed by atoms with Gasteiger partial charge in [0, 0.05) is 14.1 Å². The van der Waals surface area contributed by atoms with Crippen molar-refractivity contribution in [3.05, 3.63) is 65.7 Å². The molecular weight excluding hydrogens is 497 g/mol. The monoisotopic (exact) mass is 541 g/mol. The molecule has 3 heteroatoms. The van der Waals surface area contributed by atoms with Gasteiger partial charge in [0.2, 0.25) is 0 Å². The van der Waals surface area contributed by atoms with E-state index in [0.717, 1.165) is 16.8 Å². The minimum atomic E-state index is -2.37. The summed E-state index contributed by atoms with van der Waals surface area (Å²) in [6.07, 6.45) is 11.7. The van der Waals surface area contributed by atoms with Crippen LogP contribution in [-0.2, 0) is 0 Å². The number of anilines is 1. The van der Waals surface area contributed by atoms with Crippen molar-refractivity contribution in [2.45, 2.75) is 72.6 Å². The standard InChI is InChI=1S/C17H16NO.3C4H9.Sn/c1-18(2)16-11-9-15(10-12-16)17(19)13-8-14-6-4-3-5-7-14;3*1-3-4-2;/h4-13H,1-2H3;3*1,3-4H2,2H3;/b13-8+;;;;. The Balaban J connectivity index is 2.17. The second-order valence-electron chi connectivity index (χ2n) is 9.35. The summed E-state index contributed by atoms with van der Waals surface area (Å²) in [6, 6.07) is 17.1. The number of ketones is 1. The van der Waals surface area contributed by atoms with Gasteiger partial charge in [0.25, 0.3) is 0 Å². The number of benzene rings is 2. The maximum atomic E-state index is 12.6. The molecular formula is C29H43NOSn. The Morgan fingerprint density at radius 3 is 1.72 bits per heavy atom. The summed E-state index contributed by atoms with van der Waals surface area (Å²) in [7, 11) is 4.01. The van der Waals surface area contributed by atoms with Crippen LogP contribution in [0.2, 0.25) is 13.3 Å². The minimum absolute atomic E-state index is 0.0572. The van der Waals surface area contributed by atoms with Crippen molar-refractivity contribution >= 4 is 39.5 Å². The Morgan fingerprint density at radius 1 is 0.781 bits per heavy atom. The van der Waals surface area contributed by atoms with E-state index >= 15 is 0 Å². The second-order valence-corrected chi connectivity index (χ2v) is 22.6. The summed E-state index contributed by atoms with van der Waals surface area (Å²) in [6.45, 7) is 6.99. The molecule has 0 heterocycles. The van der Waals surface area contributed by atoms with E-state index in [2.05, 4.69) is 45.0 Å². The molecule has 0 amide bonds. The van der Waals surface area contributed by atoms with E-state index in [9.17, 15) is 4.79 Å². The third-order valence-electron chi connectivity index (χ3n) is 6.65. The van der Waals surface area contributed by atoms with E-state index in [1.54, 1.807) is 9.66 Å². The van der Waals surface area contributed by atoms with Crippen LogP contribution in [0, 0.1) is 0 Å². The van der Waals surface area contributed by atoms with Crippen LogP contribution in [0.5, 0.6) is 0 Å². The number of unbranched alkanes of at least 4 members (excludes halogenated alkanes) is 3. The van der Waals surface area contributed by atoms with Crippen molar-refractivity contribution in [1.82, 2.24) is 0 Å². The SMILES string of the molecule is CCC[CH2][Sn]([CH2]CCC)([CH2]CCC)[c]1ccc(/C=C/C(=O)c2ccc(N(C)C)cc2)cc1. The molecule has 2 rings (SSSR count). The second kappa shape index (κ2) is 13.9. The van der Waals surface area contributed by atoms with Crippen LogP contribution in [0.25, 0.3) is 6.08 Å². The molecule has 0 N–H and O–H groups in total. The number of carbonyl (C=O) groups is 1. The van der Waals surface area contributed by atoms with Crippen LogP contribution >= 0.6 is 0 Å². The molecule has 0 spiro atoms. The summed E-state index contributed by atoms with van der Waals surface area (Å²) >= 11 is -2.37. The van der Waals surface area contributed by atoms with Gasteiger partial charge in [0.05, 0.1) is 0 Å². The molecule has 174 valence electrons. The van der Waals surface area contributed by atoms with Gasteiger partial charge in [0.15, 0.2) is 0 Å². The van der Waals surface area contributed by atoms with Gasteiger partial charge >= 0.3 is 188 Å². The normalized spacial score (nSPS) is 11.8. The molecule has 0 atom stereocenters. The molecule has 2 aromatic carbocycles. The van der Waals surface area contributed by atoms with Gasteiger partial charge in [-0.2, -0.15) is 0 Å². The van der Waals surface area contributed by atoms with Crippen molar-refractivity contribution < 1.29 is 4.79 Å². The summed E-state index contributed by atoms with van der Waals surface area (Å²) in [4.78, 5) is 14.6. The first-order valence-electron chi connectivity index (χ1n) is 12.6. The number of carbonyl (C=O) groups excluding carboxylic acids is 1. The molecule has 0 saturated heterocycles. The van der Waals surface area contributed by atoms with Gasteiger partial charge in [0.1, 0.15) is 0 Å². The molecule has 0 aliphatic heterocycles. The van der Waals surface area contributed by atoms with Crippen LogP contribution in [-0.4, -0.2) is 38.3 Å². The zero-order chi connectivity index (χ0) is 23.4. The number of hydrogen-bond acceptors (Lipinski definition) is 2. The molecule has 0 aliphatic rings. The summed E-state index contributed by atoms with van der Waals surface area (Å²) < 4.78 is 6.16. The summed E-state index contributed by atoms with van der Waals surface area (Å²) in [5.41, 5.74) is 2.95. The van der Waals surface area contributed by atoms with Crippen LogP contribution < -0.4 is 8.48 Å². The summed E-state index contributed by atoms with van der Waals surface area (Å²) in [5.74, 6) is 0.0572. The fourth-order valence-corrected chi connectivity index (χ4v) is 20.4. The molecule has 0 fully saturated rings. The third kappa shape index (κ3) is 7.79. The fourth-order valence-electron chi connectivity index (χ4n) is 4.49. The van der Waals surface area contributed by atoms with Crippen molar-refractivity contribution in [3.8, 4) is 0 Å². The van der Waals surface area contributed by atoms with E-state index in [4.69, 9.17) is 0 Å². The van der Waals surface area contributed by atoms with Gasteiger partial charge in [-0.15, -0.1) is 0 Å². The predicted molar refractivity (Wildman–Crippen MR) is 145 cm³/mol. The molecule has 0 saturated carbocycles. The predicted octanol–water partition coefficient (Wildman–Crippen LogP) is 7.70. The average molecular weight is 540 g/mol. The molecule has 0 aromatic heterocycles. The quantitative estimate of drug-likeness (QED) is 0.139. The number of hydrogen-bond donors (Lipinski definition) is 0. The number of rotatable bonds is 14. The molecule has 2 nitrogen and oxygen atoms in total. The van der Waals surface area contributed by atoms with E-state index < -0.39 is 18.4 Å². The molecule has 0 aliphatic carbocycles. The van der Waals surface area contributed by atoms with Gasteiger partial charge in [-0.25, -0.2) is 0 Å². The molecule has 0 bridgehead atoms. The first kappa shape index (κ1) is 26.7. The Hall–Kier alpha value is -1.55. The first-order chi connectivity index (χ1) is 15.5. The topological polar surface area (TPSA) is 20.3 Å². The van der Waals surface area contributed by atoms with Crippen molar-refractivity contribution in [3.63, 3.8) is 0 Å². The van der Waals surface area contributed by atoms with E-state index in [0.29, 0.717) is 0 Å². The molecule has 0 radical (unpaired) electrons. The Morgan fingerprint density at radius 2 is 1.28 bits per heavy atom. The first-order valence-corrected chi connectivity index (χ1v) is 20.0. The van der Waals surface area contributed by atoms with Crippen LogP contribution in [0.4, 0.5) is 5.69 Å². The van der Waals surface area contributed by atoms with Crippen molar-refractivity contribution in [2.24, 2.45) is 0 Å². The van der Waals surface area contributed by atoms with Crippen molar-refractivity contribution in [1.29, 1.82) is 0 Å². The Kier molecular flexibility index (Phi) is 11.6. The van der Waals surface area contributed by atoms with E-state index in [-0.39, 0.29) is 5.78 Å². The van der Waals surface area contributed by atoms with Crippen LogP contribution in [0.15, 0.2) is 54.6 Å². The van der Waals surface area contributed by atoms with Gasteiger partial charge in [-0.3, -0.25) is 0 Å². The molecule has 32 heavy (non-hydrogen) atoms. The van der Waals surface area contributed by atoms with Crippen LogP contribution in [0.3, 0.4) is 0 Å². The van der Waals surface area contributed by atoms with Crippen LogP contribution in [0.1, 0.15) is 75.2 Å². The van der Waals surface area contributed by atoms with Gasteiger partial charge < -0.3 is 0 Å². The zero-order valence-electron chi connectivity index (χ0n) is 21.0. The summed E-state index contributed by atoms with van der Waals surface area (Å²) in [5, 5.41) is 0. The molecule has 2 aromatic rings. The fraction of sp³-hybridized carbons (Fsp3) is 0.483. The average Bonchev–Trinajstić information content (AvgIpc) is 2.82. The van der Waals surface area contributed by atoms with Gasteiger partial charge in [-0.05, 0) is 0 Å². The Bertz CT molecular complexity index is 815. The number of nitrogens with zero attached hydrogens (tertiary/aromatic N) is 1.